The van der Waals surface area contributed by atoms with E-state index >= 15 is 0 Å². The maximum atomic E-state index is 5.67. The summed E-state index contributed by atoms with van der Waals surface area (Å²) in [6.45, 7) is 4.87. The van der Waals surface area contributed by atoms with Crippen LogP contribution in [0.25, 0.3) is 0 Å². The summed E-state index contributed by atoms with van der Waals surface area (Å²) in [5.41, 5.74) is 4.32. The molecule has 0 aliphatic heterocycles. The Balaban J connectivity index is 1.48. The molecule has 2 heteroatoms. The van der Waals surface area contributed by atoms with Crippen molar-refractivity contribution in [2.75, 3.05) is 13.2 Å². The SMILES string of the molecule is CCCOc1cccc(CNCC2Cc3ccccc32)c1. The summed E-state index contributed by atoms with van der Waals surface area (Å²) in [5.74, 6) is 1.66. The maximum absolute atomic E-state index is 5.67. The van der Waals surface area contributed by atoms with Crippen molar-refractivity contribution in [3.63, 3.8) is 0 Å². The van der Waals surface area contributed by atoms with Gasteiger partial charge in [0.25, 0.3) is 0 Å². The minimum Gasteiger partial charge on any atom is -0.494 e. The Kier molecular flexibility index (Phi) is 4.56. The average Bonchev–Trinajstić information content (AvgIpc) is 2.50. The van der Waals surface area contributed by atoms with Gasteiger partial charge in [0.05, 0.1) is 6.61 Å². The summed E-state index contributed by atoms with van der Waals surface area (Å²) < 4.78 is 5.67. The van der Waals surface area contributed by atoms with Crippen LogP contribution in [0.4, 0.5) is 0 Å². The minimum atomic E-state index is 0.681. The van der Waals surface area contributed by atoms with Gasteiger partial charge >= 0.3 is 0 Å². The molecule has 1 unspecified atom stereocenters. The smallest absolute Gasteiger partial charge is 0.119 e. The highest BCUT2D eigenvalue weighted by atomic mass is 16.5. The third-order valence-corrected chi connectivity index (χ3v) is 4.05. The van der Waals surface area contributed by atoms with Crippen molar-refractivity contribution >= 4 is 0 Å². The maximum Gasteiger partial charge on any atom is 0.119 e. The van der Waals surface area contributed by atoms with Crippen molar-refractivity contribution in [3.05, 3.63) is 65.2 Å². The quantitative estimate of drug-likeness (QED) is 0.831. The lowest BCUT2D eigenvalue weighted by Crippen LogP contribution is -2.28. The molecule has 1 aliphatic carbocycles. The third-order valence-electron chi connectivity index (χ3n) is 4.05. The van der Waals surface area contributed by atoms with E-state index in [1.54, 1.807) is 0 Å². The Morgan fingerprint density at radius 3 is 2.90 bits per heavy atom. The number of hydrogen-bond donors (Lipinski definition) is 1. The molecule has 1 aliphatic rings. The van der Waals surface area contributed by atoms with E-state index in [2.05, 4.69) is 54.7 Å². The summed E-state index contributed by atoms with van der Waals surface area (Å²) in [7, 11) is 0. The van der Waals surface area contributed by atoms with Gasteiger partial charge in [0.2, 0.25) is 0 Å². The summed E-state index contributed by atoms with van der Waals surface area (Å²) in [6, 6.07) is 17.1. The van der Waals surface area contributed by atoms with Gasteiger partial charge in [-0.25, -0.2) is 0 Å². The zero-order chi connectivity index (χ0) is 14.5. The second-order valence-corrected chi connectivity index (χ2v) is 5.73. The Labute approximate surface area is 127 Å². The standard InChI is InChI=1S/C19H23NO/c1-2-10-21-18-8-5-6-15(11-18)13-20-14-17-12-16-7-3-4-9-19(16)17/h3-9,11,17,20H,2,10,12-14H2,1H3. The van der Waals surface area contributed by atoms with Crippen molar-refractivity contribution in [2.24, 2.45) is 0 Å². The molecule has 0 bridgehead atoms. The van der Waals surface area contributed by atoms with Gasteiger partial charge in [0.1, 0.15) is 5.75 Å². The van der Waals surface area contributed by atoms with E-state index in [1.807, 2.05) is 6.07 Å². The second kappa shape index (κ2) is 6.77. The molecule has 0 saturated carbocycles. The minimum absolute atomic E-state index is 0.681. The molecule has 0 aromatic heterocycles. The number of hydrogen-bond acceptors (Lipinski definition) is 2. The van der Waals surface area contributed by atoms with Crippen LogP contribution in [-0.2, 0) is 13.0 Å². The number of benzene rings is 2. The number of fused-ring (bicyclic) bond motifs is 1. The number of ether oxygens (including phenoxy) is 1. The third kappa shape index (κ3) is 3.45. The van der Waals surface area contributed by atoms with Gasteiger partial charge in [-0.1, -0.05) is 43.3 Å². The van der Waals surface area contributed by atoms with Crippen molar-refractivity contribution in [2.45, 2.75) is 32.2 Å². The van der Waals surface area contributed by atoms with Crippen molar-refractivity contribution in [1.29, 1.82) is 0 Å². The molecule has 0 saturated heterocycles. The van der Waals surface area contributed by atoms with Crippen LogP contribution in [0.1, 0.15) is 36.0 Å². The van der Waals surface area contributed by atoms with Crippen LogP contribution < -0.4 is 10.1 Å². The topological polar surface area (TPSA) is 21.3 Å². The highest BCUT2D eigenvalue weighted by Gasteiger charge is 2.24. The molecule has 3 rings (SSSR count). The Morgan fingerprint density at radius 1 is 1.14 bits per heavy atom. The van der Waals surface area contributed by atoms with E-state index < -0.39 is 0 Å². The van der Waals surface area contributed by atoms with Crippen LogP contribution >= 0.6 is 0 Å². The van der Waals surface area contributed by atoms with Crippen LogP contribution in [0.5, 0.6) is 5.75 Å². The van der Waals surface area contributed by atoms with Gasteiger partial charge in [0, 0.05) is 19.0 Å². The molecule has 1 N–H and O–H groups in total. The normalized spacial score (nSPS) is 16.1. The predicted octanol–water partition coefficient (Wildman–Crippen LogP) is 3.90. The van der Waals surface area contributed by atoms with Crippen molar-refractivity contribution in [3.8, 4) is 5.75 Å². The summed E-state index contributed by atoms with van der Waals surface area (Å²) in [6.07, 6.45) is 2.26. The first-order chi connectivity index (χ1) is 10.4. The second-order valence-electron chi connectivity index (χ2n) is 5.73. The van der Waals surface area contributed by atoms with Gasteiger partial charge < -0.3 is 10.1 Å². The summed E-state index contributed by atoms with van der Waals surface area (Å²) >= 11 is 0. The summed E-state index contributed by atoms with van der Waals surface area (Å²) in [4.78, 5) is 0. The zero-order valence-electron chi connectivity index (χ0n) is 12.6. The number of rotatable bonds is 7. The monoisotopic (exact) mass is 281 g/mol. The van der Waals surface area contributed by atoms with Gasteiger partial charge in [-0.2, -0.15) is 0 Å². The molecule has 2 aromatic rings. The van der Waals surface area contributed by atoms with Crippen LogP contribution in [0.2, 0.25) is 0 Å². The number of nitrogens with one attached hydrogen (secondary N) is 1. The molecule has 1 atom stereocenters. The first-order valence-electron chi connectivity index (χ1n) is 7.87. The first kappa shape index (κ1) is 14.2. The fourth-order valence-corrected chi connectivity index (χ4v) is 2.90. The Morgan fingerprint density at radius 2 is 2.05 bits per heavy atom. The molecular weight excluding hydrogens is 258 g/mol. The van der Waals surface area contributed by atoms with E-state index in [4.69, 9.17) is 4.74 Å². The van der Waals surface area contributed by atoms with Crippen LogP contribution in [0.3, 0.4) is 0 Å². The fourth-order valence-electron chi connectivity index (χ4n) is 2.90. The lowest BCUT2D eigenvalue weighted by molar-refractivity contribution is 0.317. The molecule has 2 nitrogen and oxygen atoms in total. The lowest BCUT2D eigenvalue weighted by Gasteiger charge is -2.30. The van der Waals surface area contributed by atoms with E-state index in [0.717, 1.165) is 31.9 Å². The Hall–Kier alpha value is -1.80. The van der Waals surface area contributed by atoms with Gasteiger partial charge in [-0.3, -0.25) is 0 Å². The molecule has 0 fully saturated rings. The van der Waals surface area contributed by atoms with Gasteiger partial charge in [-0.05, 0) is 41.7 Å². The molecular formula is C19H23NO. The van der Waals surface area contributed by atoms with Crippen molar-refractivity contribution < 1.29 is 4.74 Å². The first-order valence-corrected chi connectivity index (χ1v) is 7.87. The van der Waals surface area contributed by atoms with Crippen LogP contribution in [-0.4, -0.2) is 13.2 Å². The highest BCUT2D eigenvalue weighted by Crippen LogP contribution is 2.34. The predicted molar refractivity (Wildman–Crippen MR) is 86.8 cm³/mol. The van der Waals surface area contributed by atoms with Crippen molar-refractivity contribution in [1.82, 2.24) is 5.32 Å². The molecule has 21 heavy (non-hydrogen) atoms. The molecule has 0 spiro atoms. The lowest BCUT2D eigenvalue weighted by atomic mass is 9.77. The molecule has 0 heterocycles. The average molecular weight is 281 g/mol. The van der Waals surface area contributed by atoms with E-state index in [-0.39, 0.29) is 0 Å². The van der Waals surface area contributed by atoms with Gasteiger partial charge in [0.15, 0.2) is 0 Å². The Bertz CT molecular complexity index is 594. The fraction of sp³-hybridized carbons (Fsp3) is 0.368. The van der Waals surface area contributed by atoms with E-state index in [0.29, 0.717) is 5.92 Å². The highest BCUT2D eigenvalue weighted by molar-refractivity contribution is 5.40. The summed E-state index contributed by atoms with van der Waals surface area (Å²) in [5, 5.41) is 3.57. The zero-order valence-corrected chi connectivity index (χ0v) is 12.6. The molecule has 110 valence electrons. The van der Waals surface area contributed by atoms with Crippen LogP contribution in [0, 0.1) is 0 Å². The van der Waals surface area contributed by atoms with Gasteiger partial charge in [-0.15, -0.1) is 0 Å². The molecule has 2 aromatic carbocycles. The largest absolute Gasteiger partial charge is 0.494 e. The molecule has 0 radical (unpaired) electrons. The molecule has 0 amide bonds. The van der Waals surface area contributed by atoms with E-state index in [1.165, 1.54) is 23.1 Å². The van der Waals surface area contributed by atoms with Crippen LogP contribution in [0.15, 0.2) is 48.5 Å². The van der Waals surface area contributed by atoms with E-state index in [9.17, 15) is 0 Å².